The van der Waals surface area contributed by atoms with E-state index in [1.54, 1.807) is 24.3 Å². The van der Waals surface area contributed by atoms with Gasteiger partial charge >= 0.3 is 0 Å². The number of hydrogen-bond donors (Lipinski definition) is 1. The Labute approximate surface area is 153 Å². The second kappa shape index (κ2) is 6.87. The molecule has 9 heteroatoms. The molecule has 1 atom stereocenters. The third kappa shape index (κ3) is 2.99. The topological polar surface area (TPSA) is 119 Å². The monoisotopic (exact) mass is 369 g/mol. The number of amides is 3. The maximum Gasteiger partial charge on any atom is 0.282 e. The average Bonchev–Trinajstić information content (AvgIpc) is 2.92. The first kappa shape index (κ1) is 18.1. The number of imide groups is 1. The van der Waals surface area contributed by atoms with E-state index in [0.717, 1.165) is 11.0 Å². The molecule has 2 aromatic carbocycles. The molecule has 0 spiro atoms. The number of carbonyl (C=O) groups is 3. The molecule has 2 aromatic rings. The van der Waals surface area contributed by atoms with Gasteiger partial charge in [-0.1, -0.05) is 18.2 Å². The summed E-state index contributed by atoms with van der Waals surface area (Å²) in [6.07, 6.45) is 0. The Bertz CT molecular complexity index is 971. The standard InChI is InChI=1S/C18H15N3O6/c1-10(16(22)19-12-7-3-4-9-14(12)27-2)20-17(23)11-6-5-8-13(21(25)26)15(11)18(20)24/h3-10H,1-2H3,(H,19,22). The molecule has 0 bridgehead atoms. The summed E-state index contributed by atoms with van der Waals surface area (Å²) in [7, 11) is 1.44. The van der Waals surface area contributed by atoms with Gasteiger partial charge in [0.15, 0.2) is 0 Å². The van der Waals surface area contributed by atoms with Crippen molar-refractivity contribution >= 4 is 29.1 Å². The zero-order chi connectivity index (χ0) is 19.7. The Kier molecular flexibility index (Phi) is 4.59. The number of anilines is 1. The molecule has 27 heavy (non-hydrogen) atoms. The molecule has 138 valence electrons. The molecular formula is C18H15N3O6. The van der Waals surface area contributed by atoms with Gasteiger partial charge in [0.05, 0.1) is 23.3 Å². The van der Waals surface area contributed by atoms with Crippen molar-refractivity contribution in [2.24, 2.45) is 0 Å². The molecule has 1 unspecified atom stereocenters. The van der Waals surface area contributed by atoms with Crippen molar-refractivity contribution < 1.29 is 24.0 Å². The number of nitrogens with zero attached hydrogens (tertiary/aromatic N) is 2. The predicted molar refractivity (Wildman–Crippen MR) is 94.7 cm³/mol. The van der Waals surface area contributed by atoms with Gasteiger partial charge in [-0.2, -0.15) is 0 Å². The minimum absolute atomic E-state index is 0.0915. The Morgan fingerprint density at radius 3 is 2.52 bits per heavy atom. The quantitative estimate of drug-likeness (QED) is 0.490. The van der Waals surface area contributed by atoms with Gasteiger partial charge in [0.1, 0.15) is 17.4 Å². The first-order valence-corrected chi connectivity index (χ1v) is 7.96. The smallest absolute Gasteiger partial charge is 0.282 e. The van der Waals surface area contributed by atoms with Gasteiger partial charge in [-0.05, 0) is 25.1 Å². The third-order valence-electron chi connectivity index (χ3n) is 4.25. The highest BCUT2D eigenvalue weighted by molar-refractivity contribution is 6.24. The lowest BCUT2D eigenvalue weighted by Gasteiger charge is -2.22. The Balaban J connectivity index is 1.89. The number of carbonyl (C=O) groups excluding carboxylic acids is 3. The van der Waals surface area contributed by atoms with Crippen LogP contribution in [0.15, 0.2) is 42.5 Å². The van der Waals surface area contributed by atoms with E-state index in [0.29, 0.717) is 11.4 Å². The number of rotatable bonds is 5. The van der Waals surface area contributed by atoms with Gasteiger partial charge < -0.3 is 10.1 Å². The number of nitro benzene ring substituents is 1. The Morgan fingerprint density at radius 1 is 1.15 bits per heavy atom. The molecule has 0 aliphatic carbocycles. The number of hydrogen-bond acceptors (Lipinski definition) is 6. The summed E-state index contributed by atoms with van der Waals surface area (Å²) in [6, 6.07) is 9.28. The lowest BCUT2D eigenvalue weighted by molar-refractivity contribution is -0.385. The van der Waals surface area contributed by atoms with E-state index in [9.17, 15) is 24.5 Å². The summed E-state index contributed by atoms with van der Waals surface area (Å²) in [6.45, 7) is 1.37. The molecule has 0 fully saturated rings. The maximum atomic E-state index is 12.6. The third-order valence-corrected chi connectivity index (χ3v) is 4.25. The summed E-state index contributed by atoms with van der Waals surface area (Å²) in [5.74, 6) is -1.83. The highest BCUT2D eigenvalue weighted by atomic mass is 16.6. The number of benzene rings is 2. The van der Waals surface area contributed by atoms with Crippen molar-refractivity contribution in [2.75, 3.05) is 12.4 Å². The van der Waals surface area contributed by atoms with Gasteiger partial charge in [-0.3, -0.25) is 29.4 Å². The van der Waals surface area contributed by atoms with Crippen LogP contribution in [0.1, 0.15) is 27.6 Å². The van der Waals surface area contributed by atoms with E-state index >= 15 is 0 Å². The van der Waals surface area contributed by atoms with Crippen LogP contribution in [0.3, 0.4) is 0 Å². The molecule has 1 aliphatic heterocycles. The molecule has 0 aromatic heterocycles. The molecule has 1 aliphatic rings. The van der Waals surface area contributed by atoms with Crippen LogP contribution in [0.25, 0.3) is 0 Å². The zero-order valence-corrected chi connectivity index (χ0v) is 14.5. The normalized spacial score (nSPS) is 13.9. The lowest BCUT2D eigenvalue weighted by Crippen LogP contribution is -2.45. The fourth-order valence-corrected chi connectivity index (χ4v) is 2.89. The van der Waals surface area contributed by atoms with E-state index in [-0.39, 0.29) is 11.1 Å². The summed E-state index contributed by atoms with van der Waals surface area (Å²) < 4.78 is 5.15. The molecular weight excluding hydrogens is 354 g/mol. The first-order valence-electron chi connectivity index (χ1n) is 7.96. The van der Waals surface area contributed by atoms with Crippen LogP contribution in [0.4, 0.5) is 11.4 Å². The SMILES string of the molecule is COc1ccccc1NC(=O)C(C)N1C(=O)c2cccc([N+](=O)[O-])c2C1=O. The highest BCUT2D eigenvalue weighted by Crippen LogP contribution is 2.32. The first-order chi connectivity index (χ1) is 12.9. The number of fused-ring (bicyclic) bond motifs is 1. The van der Waals surface area contributed by atoms with Crippen LogP contribution in [-0.2, 0) is 4.79 Å². The minimum Gasteiger partial charge on any atom is -0.495 e. The number of nitro groups is 1. The number of methoxy groups -OCH3 is 1. The fraction of sp³-hybridized carbons (Fsp3) is 0.167. The molecule has 1 heterocycles. The molecule has 1 N–H and O–H groups in total. The summed E-state index contributed by atoms with van der Waals surface area (Å²) in [4.78, 5) is 49.0. The summed E-state index contributed by atoms with van der Waals surface area (Å²) >= 11 is 0. The van der Waals surface area contributed by atoms with Gasteiger partial charge in [-0.25, -0.2) is 0 Å². The number of nitrogens with one attached hydrogen (secondary N) is 1. The molecule has 0 saturated heterocycles. The van der Waals surface area contributed by atoms with Gasteiger partial charge in [-0.15, -0.1) is 0 Å². The molecule has 9 nitrogen and oxygen atoms in total. The van der Waals surface area contributed by atoms with Crippen LogP contribution in [0.5, 0.6) is 5.75 Å². The van der Waals surface area contributed by atoms with Gasteiger partial charge in [0.25, 0.3) is 17.5 Å². The number of ether oxygens (including phenoxy) is 1. The largest absolute Gasteiger partial charge is 0.495 e. The summed E-state index contributed by atoms with van der Waals surface area (Å²) in [5.41, 5.74) is -0.485. The van der Waals surface area contributed by atoms with Crippen LogP contribution >= 0.6 is 0 Å². The zero-order valence-electron chi connectivity index (χ0n) is 14.5. The Morgan fingerprint density at radius 2 is 1.85 bits per heavy atom. The average molecular weight is 369 g/mol. The summed E-state index contributed by atoms with van der Waals surface area (Å²) in [5, 5.41) is 13.8. The van der Waals surface area contributed by atoms with Crippen LogP contribution in [-0.4, -0.2) is 40.7 Å². The second-order valence-corrected chi connectivity index (χ2v) is 5.80. The van der Waals surface area contributed by atoms with Crippen molar-refractivity contribution in [3.05, 3.63) is 63.7 Å². The van der Waals surface area contributed by atoms with Crippen molar-refractivity contribution in [2.45, 2.75) is 13.0 Å². The van der Waals surface area contributed by atoms with Crippen molar-refractivity contribution in [1.29, 1.82) is 0 Å². The second-order valence-electron chi connectivity index (χ2n) is 5.80. The van der Waals surface area contributed by atoms with Crippen molar-refractivity contribution in [3.8, 4) is 5.75 Å². The predicted octanol–water partition coefficient (Wildman–Crippen LogP) is 2.23. The van der Waals surface area contributed by atoms with Crippen molar-refractivity contribution in [3.63, 3.8) is 0 Å². The highest BCUT2D eigenvalue weighted by Gasteiger charge is 2.44. The Hall–Kier alpha value is -3.75. The van der Waals surface area contributed by atoms with E-state index in [2.05, 4.69) is 5.32 Å². The van der Waals surface area contributed by atoms with E-state index in [1.165, 1.54) is 26.2 Å². The van der Waals surface area contributed by atoms with Crippen LogP contribution in [0, 0.1) is 10.1 Å². The van der Waals surface area contributed by atoms with Crippen LogP contribution < -0.4 is 10.1 Å². The van der Waals surface area contributed by atoms with Gasteiger partial charge in [0, 0.05) is 6.07 Å². The van der Waals surface area contributed by atoms with E-state index in [4.69, 9.17) is 4.74 Å². The van der Waals surface area contributed by atoms with E-state index in [1.807, 2.05) is 0 Å². The van der Waals surface area contributed by atoms with Crippen molar-refractivity contribution in [1.82, 2.24) is 4.90 Å². The van der Waals surface area contributed by atoms with E-state index < -0.39 is 34.4 Å². The molecule has 0 radical (unpaired) electrons. The van der Waals surface area contributed by atoms with Gasteiger partial charge in [0.2, 0.25) is 5.91 Å². The van der Waals surface area contributed by atoms with Crippen LogP contribution in [0.2, 0.25) is 0 Å². The maximum absolute atomic E-state index is 12.6. The molecule has 3 rings (SSSR count). The fourth-order valence-electron chi connectivity index (χ4n) is 2.89. The number of para-hydroxylation sites is 2. The molecule has 3 amide bonds. The minimum atomic E-state index is -1.18. The lowest BCUT2D eigenvalue weighted by atomic mass is 10.1. The molecule has 0 saturated carbocycles.